The Hall–Kier alpha value is -2.48. The molecule has 0 spiro atoms. The number of benzene rings is 1. The highest BCUT2D eigenvalue weighted by molar-refractivity contribution is 5.96. The molecule has 16 heavy (non-hydrogen) atoms. The van der Waals surface area contributed by atoms with Crippen LogP contribution in [0.4, 0.5) is 5.69 Å². The number of nitrogens with one attached hydrogen (secondary N) is 1. The van der Waals surface area contributed by atoms with E-state index in [-0.39, 0.29) is 23.4 Å². The smallest absolute Gasteiger partial charge is 0.335 e. The van der Waals surface area contributed by atoms with Crippen molar-refractivity contribution in [2.75, 3.05) is 5.32 Å². The molecular weight excluding hydrogens is 210 g/mol. The minimum atomic E-state index is -1.15. The number of carboxylic acids is 1. The van der Waals surface area contributed by atoms with Crippen LogP contribution in [0.3, 0.4) is 0 Å². The average molecular weight is 219 g/mol. The van der Waals surface area contributed by atoms with Crippen LogP contribution in [0, 0.1) is 12.3 Å². The lowest BCUT2D eigenvalue weighted by atomic mass is 10.2. The van der Waals surface area contributed by atoms with E-state index in [1.54, 1.807) is 0 Å². The van der Waals surface area contributed by atoms with Gasteiger partial charge in [-0.2, -0.15) is 0 Å². The van der Waals surface area contributed by atoms with Crippen molar-refractivity contribution in [2.24, 2.45) is 0 Å². The third-order valence-electron chi connectivity index (χ3n) is 1.78. The van der Waals surface area contributed by atoms with Gasteiger partial charge in [-0.3, -0.25) is 4.79 Å². The van der Waals surface area contributed by atoms with E-state index in [4.69, 9.17) is 11.5 Å². The van der Waals surface area contributed by atoms with Crippen LogP contribution in [0.1, 0.15) is 16.8 Å². The molecule has 0 aromatic heterocycles. The minimum absolute atomic E-state index is 0.0279. The number of rotatable bonds is 3. The highest BCUT2D eigenvalue weighted by atomic mass is 16.4. The zero-order valence-electron chi connectivity index (χ0n) is 8.23. The van der Waals surface area contributed by atoms with Gasteiger partial charge in [0.05, 0.1) is 17.7 Å². The van der Waals surface area contributed by atoms with Crippen molar-refractivity contribution < 1.29 is 19.8 Å². The first kappa shape index (κ1) is 11.6. The Bertz CT molecular complexity index is 473. The fraction of sp³-hybridized carbons (Fsp3) is 0.0909. The Kier molecular flexibility index (Phi) is 3.51. The summed E-state index contributed by atoms with van der Waals surface area (Å²) in [5.74, 6) is 0.290. The van der Waals surface area contributed by atoms with Gasteiger partial charge in [0.2, 0.25) is 5.91 Å². The van der Waals surface area contributed by atoms with Crippen LogP contribution in [0.2, 0.25) is 0 Å². The van der Waals surface area contributed by atoms with Crippen molar-refractivity contribution >= 4 is 17.6 Å². The van der Waals surface area contributed by atoms with Crippen molar-refractivity contribution in [3.63, 3.8) is 0 Å². The Morgan fingerprint density at radius 2 is 2.12 bits per heavy atom. The van der Waals surface area contributed by atoms with Gasteiger partial charge in [-0.25, -0.2) is 4.79 Å². The molecule has 0 aliphatic rings. The van der Waals surface area contributed by atoms with Crippen LogP contribution >= 0.6 is 0 Å². The van der Waals surface area contributed by atoms with E-state index in [0.717, 1.165) is 6.07 Å². The lowest BCUT2D eigenvalue weighted by molar-refractivity contribution is -0.115. The summed E-state index contributed by atoms with van der Waals surface area (Å²) in [7, 11) is 0. The molecule has 0 saturated heterocycles. The predicted molar refractivity (Wildman–Crippen MR) is 57.1 cm³/mol. The van der Waals surface area contributed by atoms with Gasteiger partial charge in [-0.1, -0.05) is 5.92 Å². The first-order valence-electron chi connectivity index (χ1n) is 4.34. The molecule has 0 heterocycles. The first-order valence-corrected chi connectivity index (χ1v) is 4.34. The van der Waals surface area contributed by atoms with Crippen LogP contribution in [-0.2, 0) is 4.79 Å². The molecule has 5 nitrogen and oxygen atoms in total. The molecule has 82 valence electrons. The summed E-state index contributed by atoms with van der Waals surface area (Å²) in [6, 6.07) is 3.58. The SMILES string of the molecule is C#CCC(=O)Nc1cc(C(=O)O)ccc1O. The van der Waals surface area contributed by atoms with E-state index in [0.29, 0.717) is 0 Å². The number of carbonyl (C=O) groups is 2. The van der Waals surface area contributed by atoms with Gasteiger partial charge < -0.3 is 15.5 Å². The maximum atomic E-state index is 11.1. The van der Waals surface area contributed by atoms with Crippen LogP contribution in [0.25, 0.3) is 0 Å². The molecule has 3 N–H and O–H groups in total. The molecule has 5 heteroatoms. The molecule has 0 radical (unpaired) electrons. The number of carbonyl (C=O) groups excluding carboxylic acids is 1. The average Bonchev–Trinajstić information content (AvgIpc) is 2.21. The number of amides is 1. The number of aromatic hydroxyl groups is 1. The summed E-state index contributed by atoms with van der Waals surface area (Å²) in [6.07, 6.45) is 4.79. The summed E-state index contributed by atoms with van der Waals surface area (Å²) >= 11 is 0. The second-order valence-corrected chi connectivity index (χ2v) is 2.97. The van der Waals surface area contributed by atoms with Crippen LogP contribution in [-0.4, -0.2) is 22.1 Å². The van der Waals surface area contributed by atoms with Crippen LogP contribution in [0.15, 0.2) is 18.2 Å². The highest BCUT2D eigenvalue weighted by Gasteiger charge is 2.09. The summed E-state index contributed by atoms with van der Waals surface area (Å²) in [5, 5.41) is 20.4. The fourth-order valence-corrected chi connectivity index (χ4v) is 1.06. The van der Waals surface area contributed by atoms with Crippen molar-refractivity contribution in [3.05, 3.63) is 23.8 Å². The largest absolute Gasteiger partial charge is 0.506 e. The van der Waals surface area contributed by atoms with E-state index in [9.17, 15) is 14.7 Å². The highest BCUT2D eigenvalue weighted by Crippen LogP contribution is 2.24. The maximum absolute atomic E-state index is 11.1. The summed E-state index contributed by atoms with van der Waals surface area (Å²) in [6.45, 7) is 0. The Morgan fingerprint density at radius 1 is 1.44 bits per heavy atom. The van der Waals surface area contributed by atoms with Gasteiger partial charge in [-0.05, 0) is 18.2 Å². The molecule has 1 aromatic carbocycles. The van der Waals surface area contributed by atoms with Crippen molar-refractivity contribution in [1.82, 2.24) is 0 Å². The molecule has 0 fully saturated rings. The van der Waals surface area contributed by atoms with Gasteiger partial charge in [-0.15, -0.1) is 6.42 Å². The topological polar surface area (TPSA) is 86.6 Å². The van der Waals surface area contributed by atoms with Crippen LogP contribution in [0.5, 0.6) is 5.75 Å². The molecule has 0 aliphatic carbocycles. The standard InChI is InChI=1S/C11H9NO4/c1-2-3-10(14)12-8-6-7(11(15)16)4-5-9(8)13/h1,4-6,13H,3H2,(H,12,14)(H,15,16). The third-order valence-corrected chi connectivity index (χ3v) is 1.78. The van der Waals surface area contributed by atoms with E-state index >= 15 is 0 Å². The quantitative estimate of drug-likeness (QED) is 0.524. The van der Waals surface area contributed by atoms with Crippen molar-refractivity contribution in [1.29, 1.82) is 0 Å². The Labute approximate surface area is 91.7 Å². The van der Waals surface area contributed by atoms with E-state index < -0.39 is 11.9 Å². The van der Waals surface area contributed by atoms with Crippen molar-refractivity contribution in [3.8, 4) is 18.1 Å². The molecule has 1 aromatic rings. The minimum Gasteiger partial charge on any atom is -0.506 e. The van der Waals surface area contributed by atoms with Gasteiger partial charge >= 0.3 is 5.97 Å². The van der Waals surface area contributed by atoms with Gasteiger partial charge in [0.1, 0.15) is 5.75 Å². The number of hydrogen-bond donors (Lipinski definition) is 3. The lowest BCUT2D eigenvalue weighted by Gasteiger charge is -2.06. The zero-order chi connectivity index (χ0) is 12.1. The number of hydrogen-bond acceptors (Lipinski definition) is 3. The second kappa shape index (κ2) is 4.84. The van der Waals surface area contributed by atoms with Crippen molar-refractivity contribution in [2.45, 2.75) is 6.42 Å². The number of anilines is 1. The predicted octanol–water partition coefficient (Wildman–Crippen LogP) is 1.05. The molecule has 0 saturated carbocycles. The second-order valence-electron chi connectivity index (χ2n) is 2.97. The lowest BCUT2D eigenvalue weighted by Crippen LogP contribution is -2.11. The zero-order valence-corrected chi connectivity index (χ0v) is 8.23. The maximum Gasteiger partial charge on any atom is 0.335 e. The Morgan fingerprint density at radius 3 is 2.69 bits per heavy atom. The van der Waals surface area contributed by atoms with Gasteiger partial charge in [0.15, 0.2) is 0 Å². The summed E-state index contributed by atoms with van der Waals surface area (Å²) in [4.78, 5) is 21.8. The number of phenols is 1. The van der Waals surface area contributed by atoms with E-state index in [1.807, 2.05) is 0 Å². The molecule has 0 unspecified atom stereocenters. The molecule has 1 rings (SSSR count). The number of aromatic carboxylic acids is 1. The number of carboxylic acid groups (broad SMARTS) is 1. The van der Waals surface area contributed by atoms with Gasteiger partial charge in [0, 0.05) is 0 Å². The summed E-state index contributed by atoms with van der Waals surface area (Å²) < 4.78 is 0. The molecule has 0 aliphatic heterocycles. The normalized spacial score (nSPS) is 9.19. The summed E-state index contributed by atoms with van der Waals surface area (Å²) in [5.41, 5.74) is -0.00559. The number of phenolic OH excluding ortho intramolecular Hbond substituents is 1. The van der Waals surface area contributed by atoms with Gasteiger partial charge in [0.25, 0.3) is 0 Å². The molecule has 0 bridgehead atoms. The van der Waals surface area contributed by atoms with E-state index in [1.165, 1.54) is 12.1 Å². The third kappa shape index (κ3) is 2.75. The Balaban J connectivity index is 2.95. The fourth-order valence-electron chi connectivity index (χ4n) is 1.06. The van der Waals surface area contributed by atoms with Crippen LogP contribution < -0.4 is 5.32 Å². The molecular formula is C11H9NO4. The monoisotopic (exact) mass is 219 g/mol. The van der Waals surface area contributed by atoms with E-state index in [2.05, 4.69) is 11.2 Å². The first-order chi connectivity index (χ1) is 7.54. The molecule has 1 amide bonds. The number of terminal acetylenes is 1. The molecule has 0 atom stereocenters.